The number of halogens is 3. The quantitative estimate of drug-likeness (QED) is 0.832. The Balaban J connectivity index is 2.24. The Morgan fingerprint density at radius 1 is 1.40 bits per heavy atom. The van der Waals surface area contributed by atoms with Crippen molar-refractivity contribution in [3.63, 3.8) is 0 Å². The second-order valence-electron chi connectivity index (χ2n) is 5.32. The first-order chi connectivity index (χ1) is 9.19. The zero-order valence-corrected chi connectivity index (χ0v) is 11.0. The molecule has 0 spiro atoms. The molecule has 2 N–H and O–H groups in total. The van der Waals surface area contributed by atoms with Gasteiger partial charge in [-0.3, -0.25) is 0 Å². The SMILES string of the molecule is C#CC(O)(CNC1(C)CC1)c1cccc(C(F)(F)F)n1. The molecule has 1 unspecified atom stereocenters. The molecule has 1 aliphatic carbocycles. The van der Waals surface area contributed by atoms with Crippen molar-refractivity contribution in [2.45, 2.75) is 37.1 Å². The Labute approximate surface area is 115 Å². The molecule has 1 atom stereocenters. The molecule has 108 valence electrons. The summed E-state index contributed by atoms with van der Waals surface area (Å²) in [7, 11) is 0. The van der Waals surface area contributed by atoms with Gasteiger partial charge in [0.05, 0.1) is 5.69 Å². The van der Waals surface area contributed by atoms with Gasteiger partial charge in [0.2, 0.25) is 0 Å². The molecule has 0 aliphatic heterocycles. The van der Waals surface area contributed by atoms with Gasteiger partial charge in [-0.05, 0) is 31.9 Å². The number of β-amino-alcohol motifs (C(OH)–C–C–N with tert-alkyl or cyclic N) is 1. The van der Waals surface area contributed by atoms with Crippen molar-refractivity contribution in [3.05, 3.63) is 29.6 Å². The molecule has 1 fully saturated rings. The predicted octanol–water partition coefficient (Wildman–Crippen LogP) is 2.06. The van der Waals surface area contributed by atoms with Gasteiger partial charge in [-0.1, -0.05) is 12.0 Å². The first-order valence-corrected chi connectivity index (χ1v) is 6.18. The van der Waals surface area contributed by atoms with Gasteiger partial charge < -0.3 is 10.4 Å². The Morgan fingerprint density at radius 3 is 2.50 bits per heavy atom. The number of aromatic nitrogens is 1. The van der Waals surface area contributed by atoms with E-state index in [0.717, 1.165) is 18.9 Å². The fourth-order valence-corrected chi connectivity index (χ4v) is 1.74. The number of hydrogen-bond acceptors (Lipinski definition) is 3. The number of rotatable bonds is 4. The molecule has 0 saturated heterocycles. The molecule has 0 amide bonds. The van der Waals surface area contributed by atoms with Crippen molar-refractivity contribution in [1.29, 1.82) is 0 Å². The maximum absolute atomic E-state index is 12.6. The highest BCUT2D eigenvalue weighted by Crippen LogP contribution is 2.35. The van der Waals surface area contributed by atoms with E-state index in [4.69, 9.17) is 6.42 Å². The molecular weight excluding hydrogens is 269 g/mol. The maximum atomic E-state index is 12.6. The van der Waals surface area contributed by atoms with Crippen molar-refractivity contribution in [2.75, 3.05) is 6.54 Å². The zero-order valence-electron chi connectivity index (χ0n) is 11.0. The number of aliphatic hydroxyl groups is 1. The Morgan fingerprint density at radius 2 is 2.00 bits per heavy atom. The summed E-state index contributed by atoms with van der Waals surface area (Å²) in [5, 5.41) is 13.4. The molecule has 1 saturated carbocycles. The molecule has 0 aromatic carbocycles. The van der Waals surface area contributed by atoms with Crippen LogP contribution >= 0.6 is 0 Å². The average Bonchev–Trinajstić information content (AvgIpc) is 3.14. The molecule has 1 aromatic rings. The van der Waals surface area contributed by atoms with Crippen molar-refractivity contribution in [2.24, 2.45) is 0 Å². The first kappa shape index (κ1) is 14.8. The van der Waals surface area contributed by atoms with Crippen molar-refractivity contribution in [3.8, 4) is 12.3 Å². The van der Waals surface area contributed by atoms with Gasteiger partial charge in [0.15, 0.2) is 5.60 Å². The van der Waals surface area contributed by atoms with Crippen LogP contribution < -0.4 is 5.32 Å². The van der Waals surface area contributed by atoms with E-state index in [-0.39, 0.29) is 17.8 Å². The van der Waals surface area contributed by atoms with Gasteiger partial charge in [0.1, 0.15) is 5.69 Å². The lowest BCUT2D eigenvalue weighted by Gasteiger charge is -2.25. The average molecular weight is 284 g/mol. The van der Waals surface area contributed by atoms with Crippen LogP contribution in [-0.4, -0.2) is 22.2 Å². The minimum Gasteiger partial charge on any atom is -0.371 e. The van der Waals surface area contributed by atoms with Crippen LogP contribution in [0.15, 0.2) is 18.2 Å². The van der Waals surface area contributed by atoms with Gasteiger partial charge in [0, 0.05) is 12.1 Å². The molecule has 1 aliphatic rings. The monoisotopic (exact) mass is 284 g/mol. The van der Waals surface area contributed by atoms with Crippen molar-refractivity contribution in [1.82, 2.24) is 10.3 Å². The third kappa shape index (κ3) is 3.11. The summed E-state index contributed by atoms with van der Waals surface area (Å²) < 4.78 is 37.9. The third-order valence-electron chi connectivity index (χ3n) is 3.47. The van der Waals surface area contributed by atoms with Crippen molar-refractivity contribution < 1.29 is 18.3 Å². The van der Waals surface area contributed by atoms with E-state index < -0.39 is 17.5 Å². The number of alkyl halides is 3. The second kappa shape index (κ2) is 4.76. The van der Waals surface area contributed by atoms with E-state index in [2.05, 4.69) is 16.2 Å². The van der Waals surface area contributed by atoms with Crippen LogP contribution in [-0.2, 0) is 11.8 Å². The molecule has 20 heavy (non-hydrogen) atoms. The smallest absolute Gasteiger partial charge is 0.371 e. The fraction of sp³-hybridized carbons (Fsp3) is 0.500. The minimum atomic E-state index is -4.57. The van der Waals surface area contributed by atoms with Crippen LogP contribution in [0.3, 0.4) is 0 Å². The Kier molecular flexibility index (Phi) is 3.53. The fourth-order valence-electron chi connectivity index (χ4n) is 1.74. The summed E-state index contributed by atoms with van der Waals surface area (Å²) in [4.78, 5) is 3.45. The number of terminal acetylenes is 1. The van der Waals surface area contributed by atoms with Crippen LogP contribution in [0.2, 0.25) is 0 Å². The summed E-state index contributed by atoms with van der Waals surface area (Å²) in [5.41, 5.74) is -3.19. The lowest BCUT2D eigenvalue weighted by Crippen LogP contribution is -2.42. The molecule has 1 aromatic heterocycles. The largest absolute Gasteiger partial charge is 0.433 e. The number of hydrogen-bond donors (Lipinski definition) is 2. The summed E-state index contributed by atoms with van der Waals surface area (Å²) in [6, 6.07) is 3.33. The second-order valence-corrected chi connectivity index (χ2v) is 5.32. The van der Waals surface area contributed by atoms with E-state index >= 15 is 0 Å². The molecule has 0 bridgehead atoms. The van der Waals surface area contributed by atoms with E-state index in [1.807, 2.05) is 6.92 Å². The highest BCUT2D eigenvalue weighted by molar-refractivity contribution is 5.27. The number of pyridine rings is 1. The van der Waals surface area contributed by atoms with Crippen LogP contribution in [0.1, 0.15) is 31.2 Å². The molecule has 1 heterocycles. The molecular formula is C14H15F3N2O. The number of nitrogens with one attached hydrogen (secondary N) is 1. The first-order valence-electron chi connectivity index (χ1n) is 6.18. The Hall–Kier alpha value is -1.58. The van der Waals surface area contributed by atoms with E-state index in [0.29, 0.717) is 0 Å². The minimum absolute atomic E-state index is 0.0334. The lowest BCUT2D eigenvalue weighted by molar-refractivity contribution is -0.141. The van der Waals surface area contributed by atoms with Crippen LogP contribution in [0.5, 0.6) is 0 Å². The van der Waals surface area contributed by atoms with Gasteiger partial charge in [0.25, 0.3) is 0 Å². The van der Waals surface area contributed by atoms with Gasteiger partial charge in [-0.15, -0.1) is 6.42 Å². The summed E-state index contributed by atoms with van der Waals surface area (Å²) in [6.45, 7) is 1.93. The van der Waals surface area contributed by atoms with Crippen LogP contribution in [0, 0.1) is 12.3 Å². The van der Waals surface area contributed by atoms with E-state index in [1.165, 1.54) is 12.1 Å². The predicted molar refractivity (Wildman–Crippen MR) is 67.6 cm³/mol. The van der Waals surface area contributed by atoms with Crippen LogP contribution in [0.4, 0.5) is 13.2 Å². The van der Waals surface area contributed by atoms with Gasteiger partial charge in [-0.25, -0.2) is 4.98 Å². The third-order valence-corrected chi connectivity index (χ3v) is 3.47. The summed E-state index contributed by atoms with van der Waals surface area (Å²) in [5.74, 6) is 2.14. The molecule has 2 rings (SSSR count). The summed E-state index contributed by atoms with van der Waals surface area (Å²) in [6.07, 6.45) is 2.61. The van der Waals surface area contributed by atoms with Crippen LogP contribution in [0.25, 0.3) is 0 Å². The molecule has 3 nitrogen and oxygen atoms in total. The molecule has 0 radical (unpaired) electrons. The standard InChI is InChI=1S/C14H15F3N2O/c1-3-13(20,9-18-12(2)7-8-12)10-5-4-6-11(19-10)14(15,16)17/h1,4-6,18,20H,7-9H2,2H3. The summed E-state index contributed by atoms with van der Waals surface area (Å²) >= 11 is 0. The zero-order chi connectivity index (χ0) is 15.0. The maximum Gasteiger partial charge on any atom is 0.433 e. The van der Waals surface area contributed by atoms with Gasteiger partial charge >= 0.3 is 6.18 Å². The normalized spacial score (nSPS) is 20.0. The topological polar surface area (TPSA) is 45.1 Å². The van der Waals surface area contributed by atoms with E-state index in [9.17, 15) is 18.3 Å². The number of nitrogens with zero attached hydrogens (tertiary/aromatic N) is 1. The highest BCUT2D eigenvalue weighted by atomic mass is 19.4. The highest BCUT2D eigenvalue weighted by Gasteiger charge is 2.41. The lowest BCUT2D eigenvalue weighted by atomic mass is 9.99. The Bertz CT molecular complexity index is 546. The molecule has 6 heteroatoms. The van der Waals surface area contributed by atoms with E-state index in [1.54, 1.807) is 0 Å². The van der Waals surface area contributed by atoms with Gasteiger partial charge in [-0.2, -0.15) is 13.2 Å². The van der Waals surface area contributed by atoms with Crippen molar-refractivity contribution >= 4 is 0 Å².